The number of hydrogen-bond acceptors (Lipinski definition) is 3. The molecule has 1 aromatic heterocycles. The van der Waals surface area contributed by atoms with Crippen LogP contribution in [0.15, 0.2) is 24.3 Å². The number of nitrogens with one attached hydrogen (secondary N) is 1. The summed E-state index contributed by atoms with van der Waals surface area (Å²) in [6.45, 7) is 2.03. The second-order valence-corrected chi connectivity index (χ2v) is 7.20. The average molecular weight is 368 g/mol. The first kappa shape index (κ1) is 17.6. The van der Waals surface area contributed by atoms with Crippen molar-refractivity contribution in [1.82, 2.24) is 15.1 Å². The van der Waals surface area contributed by atoms with Gasteiger partial charge in [0.1, 0.15) is 6.61 Å². The number of hydrogen-bond donors (Lipinski definition) is 1. The summed E-state index contributed by atoms with van der Waals surface area (Å²) in [5.74, 6) is 1.49. The molecular formula is C18H23Cl2N3O. The number of halogens is 2. The van der Waals surface area contributed by atoms with Crippen LogP contribution < -0.4 is 10.1 Å². The molecule has 24 heavy (non-hydrogen) atoms. The fourth-order valence-electron chi connectivity index (χ4n) is 3.21. The third kappa shape index (κ3) is 4.44. The van der Waals surface area contributed by atoms with Crippen LogP contribution in [0, 0.1) is 5.92 Å². The fraction of sp³-hybridized carbons (Fsp3) is 0.500. The molecule has 1 heterocycles. The Morgan fingerprint density at radius 3 is 2.79 bits per heavy atom. The van der Waals surface area contributed by atoms with Crippen molar-refractivity contribution in [2.75, 3.05) is 7.05 Å². The Bertz CT molecular complexity index is 681. The van der Waals surface area contributed by atoms with E-state index in [2.05, 4.69) is 10.4 Å². The first-order valence-electron chi connectivity index (χ1n) is 8.43. The highest BCUT2D eigenvalue weighted by Crippen LogP contribution is 2.28. The second kappa shape index (κ2) is 8.24. The summed E-state index contributed by atoms with van der Waals surface area (Å²) in [5, 5.41) is 9.15. The van der Waals surface area contributed by atoms with Gasteiger partial charge in [0.25, 0.3) is 0 Å². The van der Waals surface area contributed by atoms with Gasteiger partial charge < -0.3 is 10.1 Å². The molecule has 6 heteroatoms. The lowest BCUT2D eigenvalue weighted by Crippen LogP contribution is -2.12. The van der Waals surface area contributed by atoms with E-state index in [4.69, 9.17) is 27.9 Å². The molecule has 2 aromatic rings. The minimum absolute atomic E-state index is 0.384. The van der Waals surface area contributed by atoms with Crippen molar-refractivity contribution in [2.45, 2.75) is 45.4 Å². The Labute approximate surface area is 153 Å². The molecule has 1 aliphatic carbocycles. The van der Waals surface area contributed by atoms with Crippen LogP contribution >= 0.6 is 23.2 Å². The van der Waals surface area contributed by atoms with Crippen molar-refractivity contribution in [3.8, 4) is 5.88 Å². The van der Waals surface area contributed by atoms with Gasteiger partial charge in [0.2, 0.25) is 5.88 Å². The number of ether oxygens (including phenoxy) is 1. The van der Waals surface area contributed by atoms with Gasteiger partial charge >= 0.3 is 0 Å². The maximum atomic E-state index is 6.22. The molecule has 4 nitrogen and oxygen atoms in total. The van der Waals surface area contributed by atoms with Crippen LogP contribution in [0.4, 0.5) is 0 Å². The van der Waals surface area contributed by atoms with Crippen LogP contribution in [0.2, 0.25) is 10.0 Å². The number of benzene rings is 1. The van der Waals surface area contributed by atoms with Crippen molar-refractivity contribution in [3.63, 3.8) is 0 Å². The molecule has 0 radical (unpaired) electrons. The molecule has 0 amide bonds. The molecule has 130 valence electrons. The molecule has 0 unspecified atom stereocenters. The van der Waals surface area contributed by atoms with E-state index in [0.29, 0.717) is 22.6 Å². The van der Waals surface area contributed by atoms with Crippen LogP contribution in [0.5, 0.6) is 5.88 Å². The van der Waals surface area contributed by atoms with E-state index in [9.17, 15) is 0 Å². The Balaban J connectivity index is 1.73. The first-order valence-corrected chi connectivity index (χ1v) is 9.19. The van der Waals surface area contributed by atoms with Gasteiger partial charge in [0.15, 0.2) is 0 Å². The zero-order valence-corrected chi connectivity index (χ0v) is 15.4. The van der Waals surface area contributed by atoms with E-state index in [1.165, 1.54) is 25.7 Å². The minimum atomic E-state index is 0.384. The fourth-order valence-corrected chi connectivity index (χ4v) is 3.57. The van der Waals surface area contributed by atoms with E-state index < -0.39 is 0 Å². The van der Waals surface area contributed by atoms with E-state index in [1.54, 1.807) is 12.1 Å². The van der Waals surface area contributed by atoms with Gasteiger partial charge in [-0.15, -0.1) is 0 Å². The average Bonchev–Trinajstić information content (AvgIpc) is 3.19. The predicted molar refractivity (Wildman–Crippen MR) is 97.7 cm³/mol. The van der Waals surface area contributed by atoms with Gasteiger partial charge in [-0.1, -0.05) is 36.0 Å². The lowest BCUT2D eigenvalue weighted by atomic mass is 10.1. The van der Waals surface area contributed by atoms with E-state index in [0.717, 1.165) is 30.2 Å². The predicted octanol–water partition coefficient (Wildman–Crippen LogP) is 4.68. The highest BCUT2D eigenvalue weighted by atomic mass is 35.5. The summed E-state index contributed by atoms with van der Waals surface area (Å²) in [6, 6.07) is 7.42. The van der Waals surface area contributed by atoms with Gasteiger partial charge in [-0.05, 0) is 44.0 Å². The van der Waals surface area contributed by atoms with Crippen molar-refractivity contribution < 1.29 is 4.74 Å². The van der Waals surface area contributed by atoms with Crippen molar-refractivity contribution in [2.24, 2.45) is 5.92 Å². The summed E-state index contributed by atoms with van der Waals surface area (Å²) in [5.41, 5.74) is 1.87. The maximum absolute atomic E-state index is 6.22. The first-order chi connectivity index (χ1) is 11.7. The molecular weight excluding hydrogens is 345 g/mol. The van der Waals surface area contributed by atoms with Gasteiger partial charge in [-0.3, -0.25) is 0 Å². The SMILES string of the molecule is CNCc1cc(OCc2cc(Cl)ccc2Cl)n(CC2CCCC2)n1. The van der Waals surface area contributed by atoms with Gasteiger partial charge in [0.05, 0.1) is 5.69 Å². The van der Waals surface area contributed by atoms with E-state index in [-0.39, 0.29) is 0 Å². The Kier molecular flexibility index (Phi) is 6.04. The summed E-state index contributed by atoms with van der Waals surface area (Å²) >= 11 is 12.3. The molecule has 3 rings (SSSR count). The van der Waals surface area contributed by atoms with Gasteiger partial charge in [-0.25, -0.2) is 4.68 Å². The third-order valence-electron chi connectivity index (χ3n) is 4.44. The highest BCUT2D eigenvalue weighted by molar-refractivity contribution is 6.33. The smallest absolute Gasteiger partial charge is 0.212 e. The van der Waals surface area contributed by atoms with Crippen LogP contribution in [-0.2, 0) is 19.7 Å². The molecule has 1 aliphatic rings. The van der Waals surface area contributed by atoms with Crippen LogP contribution in [-0.4, -0.2) is 16.8 Å². The lowest BCUT2D eigenvalue weighted by molar-refractivity contribution is 0.261. The molecule has 0 aliphatic heterocycles. The van der Waals surface area contributed by atoms with Crippen LogP contribution in [0.1, 0.15) is 36.9 Å². The Hall–Kier alpha value is -1.23. The van der Waals surface area contributed by atoms with Crippen molar-refractivity contribution in [3.05, 3.63) is 45.6 Å². The zero-order chi connectivity index (χ0) is 16.9. The maximum Gasteiger partial charge on any atom is 0.212 e. The van der Waals surface area contributed by atoms with Crippen molar-refractivity contribution >= 4 is 23.2 Å². The summed E-state index contributed by atoms with van der Waals surface area (Å²) in [6.07, 6.45) is 5.20. The molecule has 0 atom stereocenters. The summed E-state index contributed by atoms with van der Waals surface area (Å²) in [7, 11) is 1.92. The van der Waals surface area contributed by atoms with E-state index in [1.807, 2.05) is 23.9 Å². The quantitative estimate of drug-likeness (QED) is 0.771. The molecule has 1 saturated carbocycles. The Morgan fingerprint density at radius 1 is 1.25 bits per heavy atom. The summed E-state index contributed by atoms with van der Waals surface area (Å²) < 4.78 is 8.03. The minimum Gasteiger partial charge on any atom is -0.473 e. The van der Waals surface area contributed by atoms with Crippen LogP contribution in [0.25, 0.3) is 0 Å². The summed E-state index contributed by atoms with van der Waals surface area (Å²) in [4.78, 5) is 0. The molecule has 1 aromatic carbocycles. The number of nitrogens with zero attached hydrogens (tertiary/aromatic N) is 2. The van der Waals surface area contributed by atoms with E-state index >= 15 is 0 Å². The molecule has 1 fully saturated rings. The molecule has 0 saturated heterocycles. The Morgan fingerprint density at radius 2 is 2.04 bits per heavy atom. The molecule has 1 N–H and O–H groups in total. The monoisotopic (exact) mass is 367 g/mol. The third-order valence-corrected chi connectivity index (χ3v) is 5.04. The molecule has 0 bridgehead atoms. The molecule has 0 spiro atoms. The van der Waals surface area contributed by atoms with Gasteiger partial charge in [0, 0.05) is 34.8 Å². The standard InChI is InChI=1S/C18H23Cl2N3O/c1-21-10-16-9-18(23(22-16)11-13-4-2-3-5-13)24-12-14-8-15(19)6-7-17(14)20/h6-9,13,21H,2-5,10-12H2,1H3. The largest absolute Gasteiger partial charge is 0.473 e. The van der Waals surface area contributed by atoms with Crippen molar-refractivity contribution in [1.29, 1.82) is 0 Å². The van der Waals surface area contributed by atoms with Crippen LogP contribution in [0.3, 0.4) is 0 Å². The topological polar surface area (TPSA) is 39.1 Å². The van der Waals surface area contributed by atoms with Gasteiger partial charge in [-0.2, -0.15) is 5.10 Å². The normalized spacial score (nSPS) is 15.1. The number of rotatable bonds is 7. The number of aromatic nitrogens is 2. The highest BCUT2D eigenvalue weighted by Gasteiger charge is 2.19. The zero-order valence-electron chi connectivity index (χ0n) is 13.9. The lowest BCUT2D eigenvalue weighted by Gasteiger charge is -2.13. The second-order valence-electron chi connectivity index (χ2n) is 6.36.